The van der Waals surface area contributed by atoms with Crippen molar-refractivity contribution in [2.45, 2.75) is 26.6 Å². The van der Waals surface area contributed by atoms with E-state index >= 15 is 0 Å². The van der Waals surface area contributed by atoms with Gasteiger partial charge in [-0.2, -0.15) is 15.0 Å². The van der Waals surface area contributed by atoms with Crippen molar-refractivity contribution in [3.8, 4) is 11.3 Å². The molecule has 1 aromatic heterocycles. The molecule has 3 aromatic carbocycles. The largest absolute Gasteiger partial charge is 0.307 e. The van der Waals surface area contributed by atoms with E-state index in [0.717, 1.165) is 23.5 Å². The third kappa shape index (κ3) is 4.75. The molecule has 0 aliphatic carbocycles. The number of aryl methyl sites for hydroxylation is 1. The number of halogens is 2. The summed E-state index contributed by atoms with van der Waals surface area (Å²) in [4.78, 5) is 1.51. The lowest BCUT2D eigenvalue weighted by molar-refractivity contribution is 0.543. The number of nitrogens with zero attached hydrogens (tertiary/aromatic N) is 3. The van der Waals surface area contributed by atoms with Gasteiger partial charge in [-0.1, -0.05) is 77.8 Å². The van der Waals surface area contributed by atoms with E-state index in [1.54, 1.807) is 12.1 Å². The summed E-state index contributed by atoms with van der Waals surface area (Å²) in [7, 11) is 0. The summed E-state index contributed by atoms with van der Waals surface area (Å²) in [5.41, 5.74) is 5.37. The highest BCUT2D eigenvalue weighted by Crippen LogP contribution is 2.23. The molecule has 152 valence electrons. The van der Waals surface area contributed by atoms with Gasteiger partial charge < -0.3 is 5.32 Å². The average Bonchev–Trinajstić information content (AvgIpc) is 3.16. The van der Waals surface area contributed by atoms with E-state index in [4.69, 9.17) is 11.6 Å². The molecule has 0 unspecified atom stereocenters. The van der Waals surface area contributed by atoms with Crippen LogP contribution in [0.15, 0.2) is 72.8 Å². The average molecular weight is 421 g/mol. The summed E-state index contributed by atoms with van der Waals surface area (Å²) >= 11 is 6.18. The first-order chi connectivity index (χ1) is 14.6. The SMILES string of the molecule is Cc1ccc(CNCc2nn(Cc3c(F)cccc3Cl)nc2-c2ccccc2)cc1. The standard InChI is InChI=1S/C24H22ClFN4/c1-17-10-12-18(13-11-17)14-27-15-23-24(19-6-3-2-4-7-19)29-30(28-23)16-20-21(25)8-5-9-22(20)26/h2-13,27H,14-16H2,1H3. The maximum Gasteiger partial charge on any atom is 0.129 e. The number of nitrogens with one attached hydrogen (secondary N) is 1. The Balaban J connectivity index is 1.57. The highest BCUT2D eigenvalue weighted by atomic mass is 35.5. The van der Waals surface area contributed by atoms with Gasteiger partial charge >= 0.3 is 0 Å². The number of hydrogen-bond donors (Lipinski definition) is 1. The molecule has 4 aromatic rings. The van der Waals surface area contributed by atoms with Gasteiger partial charge in [-0.15, -0.1) is 0 Å². The van der Waals surface area contributed by atoms with Crippen molar-refractivity contribution < 1.29 is 4.39 Å². The van der Waals surface area contributed by atoms with Crippen LogP contribution in [0.4, 0.5) is 4.39 Å². The van der Waals surface area contributed by atoms with Crippen molar-refractivity contribution >= 4 is 11.6 Å². The van der Waals surface area contributed by atoms with Gasteiger partial charge in [0.05, 0.1) is 6.54 Å². The molecular weight excluding hydrogens is 399 g/mol. The molecule has 30 heavy (non-hydrogen) atoms. The van der Waals surface area contributed by atoms with E-state index in [0.29, 0.717) is 17.1 Å². The summed E-state index contributed by atoms with van der Waals surface area (Å²) in [5.74, 6) is -0.361. The molecule has 1 heterocycles. The number of benzene rings is 3. The molecule has 0 aliphatic heterocycles. The Labute approximate surface area is 180 Å². The molecule has 0 aliphatic rings. The van der Waals surface area contributed by atoms with Gasteiger partial charge in [0.25, 0.3) is 0 Å². The molecule has 0 radical (unpaired) electrons. The van der Waals surface area contributed by atoms with Crippen LogP contribution in [-0.4, -0.2) is 15.0 Å². The van der Waals surface area contributed by atoms with E-state index < -0.39 is 0 Å². The van der Waals surface area contributed by atoms with Gasteiger partial charge in [0.1, 0.15) is 17.2 Å². The second-order valence-corrected chi connectivity index (χ2v) is 7.59. The molecule has 0 spiro atoms. The Morgan fingerprint density at radius 1 is 0.900 bits per heavy atom. The van der Waals surface area contributed by atoms with Crippen LogP contribution in [0.2, 0.25) is 5.02 Å². The van der Waals surface area contributed by atoms with E-state index in [9.17, 15) is 4.39 Å². The summed E-state index contributed by atoms with van der Waals surface area (Å²) in [6.45, 7) is 3.51. The minimum Gasteiger partial charge on any atom is -0.307 e. The molecule has 1 N–H and O–H groups in total. The first-order valence-electron chi connectivity index (χ1n) is 9.79. The maximum atomic E-state index is 14.2. The van der Waals surface area contributed by atoms with Crippen molar-refractivity contribution in [1.82, 2.24) is 20.3 Å². The van der Waals surface area contributed by atoms with Crippen molar-refractivity contribution in [3.63, 3.8) is 0 Å². The number of rotatable bonds is 7. The Morgan fingerprint density at radius 3 is 2.40 bits per heavy atom. The first-order valence-corrected chi connectivity index (χ1v) is 10.2. The van der Waals surface area contributed by atoms with E-state index in [-0.39, 0.29) is 12.4 Å². The molecule has 0 saturated carbocycles. The predicted molar refractivity (Wildman–Crippen MR) is 118 cm³/mol. The topological polar surface area (TPSA) is 42.7 Å². The van der Waals surface area contributed by atoms with E-state index in [1.165, 1.54) is 22.0 Å². The van der Waals surface area contributed by atoms with E-state index in [2.05, 4.69) is 46.7 Å². The Bertz CT molecular complexity index is 1100. The molecule has 0 saturated heterocycles. The summed E-state index contributed by atoms with van der Waals surface area (Å²) in [6.07, 6.45) is 0. The minimum atomic E-state index is -0.361. The first kappa shape index (κ1) is 20.3. The predicted octanol–water partition coefficient (Wildman–Crippen LogP) is 5.38. The molecule has 4 rings (SSSR count). The third-order valence-electron chi connectivity index (χ3n) is 4.88. The Hall–Kier alpha value is -3.02. The molecule has 4 nitrogen and oxygen atoms in total. The quantitative estimate of drug-likeness (QED) is 0.436. The monoisotopic (exact) mass is 420 g/mol. The van der Waals surface area contributed by atoms with Gasteiger partial charge in [-0.05, 0) is 24.6 Å². The summed E-state index contributed by atoms with van der Waals surface area (Å²) in [6, 6.07) is 22.9. The summed E-state index contributed by atoms with van der Waals surface area (Å²) < 4.78 is 14.2. The van der Waals surface area contributed by atoms with Gasteiger partial charge in [0.15, 0.2) is 0 Å². The lowest BCUT2D eigenvalue weighted by atomic mass is 10.1. The van der Waals surface area contributed by atoms with Crippen molar-refractivity contribution in [2.24, 2.45) is 0 Å². The second kappa shape index (κ2) is 9.20. The highest BCUT2D eigenvalue weighted by molar-refractivity contribution is 6.31. The molecule has 0 atom stereocenters. The van der Waals surface area contributed by atoms with Gasteiger partial charge in [0.2, 0.25) is 0 Å². The molecule has 0 fully saturated rings. The minimum absolute atomic E-state index is 0.170. The van der Waals surface area contributed by atoms with Crippen LogP contribution >= 0.6 is 11.6 Å². The lowest BCUT2D eigenvalue weighted by Crippen LogP contribution is -2.14. The molecular formula is C24H22ClFN4. The number of aromatic nitrogens is 3. The Morgan fingerprint density at radius 2 is 1.67 bits per heavy atom. The van der Waals surface area contributed by atoms with Gasteiger partial charge in [-0.3, -0.25) is 0 Å². The van der Waals surface area contributed by atoms with Crippen LogP contribution in [0, 0.1) is 12.7 Å². The summed E-state index contributed by atoms with van der Waals surface area (Å²) in [5, 5.41) is 13.1. The lowest BCUT2D eigenvalue weighted by Gasteiger charge is -2.05. The normalized spacial score (nSPS) is 11.0. The van der Waals surface area contributed by atoms with Crippen LogP contribution in [0.1, 0.15) is 22.4 Å². The van der Waals surface area contributed by atoms with Crippen LogP contribution in [0.5, 0.6) is 0 Å². The van der Waals surface area contributed by atoms with Gasteiger partial charge in [0, 0.05) is 29.2 Å². The molecule has 0 bridgehead atoms. The zero-order valence-corrected chi connectivity index (χ0v) is 17.4. The maximum absolute atomic E-state index is 14.2. The zero-order chi connectivity index (χ0) is 20.9. The Kier molecular flexibility index (Phi) is 6.21. The van der Waals surface area contributed by atoms with Crippen molar-refractivity contribution in [1.29, 1.82) is 0 Å². The second-order valence-electron chi connectivity index (χ2n) is 7.18. The van der Waals surface area contributed by atoms with Crippen LogP contribution < -0.4 is 5.32 Å². The molecule has 0 amide bonds. The van der Waals surface area contributed by atoms with Crippen molar-refractivity contribution in [3.05, 3.63) is 106 Å². The molecule has 6 heteroatoms. The van der Waals surface area contributed by atoms with Crippen LogP contribution in [0.3, 0.4) is 0 Å². The van der Waals surface area contributed by atoms with E-state index in [1.807, 2.05) is 30.3 Å². The third-order valence-corrected chi connectivity index (χ3v) is 5.23. The fraction of sp³-hybridized carbons (Fsp3) is 0.167. The van der Waals surface area contributed by atoms with Crippen LogP contribution in [0.25, 0.3) is 11.3 Å². The fourth-order valence-corrected chi connectivity index (χ4v) is 3.47. The zero-order valence-electron chi connectivity index (χ0n) is 16.6. The smallest absolute Gasteiger partial charge is 0.129 e. The fourth-order valence-electron chi connectivity index (χ4n) is 3.25. The number of hydrogen-bond acceptors (Lipinski definition) is 3. The van der Waals surface area contributed by atoms with Gasteiger partial charge in [-0.25, -0.2) is 4.39 Å². The highest BCUT2D eigenvalue weighted by Gasteiger charge is 2.15. The van der Waals surface area contributed by atoms with Crippen molar-refractivity contribution in [2.75, 3.05) is 0 Å². The van der Waals surface area contributed by atoms with Crippen LogP contribution in [-0.2, 0) is 19.6 Å².